The van der Waals surface area contributed by atoms with Gasteiger partial charge in [-0.1, -0.05) is 59.8 Å². The van der Waals surface area contributed by atoms with Crippen LogP contribution in [0.5, 0.6) is 5.75 Å². The van der Waals surface area contributed by atoms with Gasteiger partial charge in [-0.3, -0.25) is 4.79 Å². The fourth-order valence-electron chi connectivity index (χ4n) is 3.73. The van der Waals surface area contributed by atoms with E-state index in [4.69, 9.17) is 4.74 Å². The summed E-state index contributed by atoms with van der Waals surface area (Å²) in [5.74, 6) is 0.205. The van der Waals surface area contributed by atoms with Gasteiger partial charge in [-0.15, -0.1) is 0 Å². The van der Waals surface area contributed by atoms with Gasteiger partial charge in [0.05, 0.1) is 17.7 Å². The summed E-state index contributed by atoms with van der Waals surface area (Å²) in [4.78, 5) is 15.4. The smallest absolute Gasteiger partial charge is 0.255 e. The number of methoxy groups -OCH3 is 1. The van der Waals surface area contributed by atoms with Gasteiger partial charge in [-0.2, -0.15) is 4.31 Å². The summed E-state index contributed by atoms with van der Waals surface area (Å²) in [5.41, 5.74) is 2.65. The summed E-state index contributed by atoms with van der Waals surface area (Å²) in [6, 6.07) is 29.3. The molecule has 1 N–H and O–H groups in total. The highest BCUT2D eigenvalue weighted by atomic mass is 32.2. The van der Waals surface area contributed by atoms with Gasteiger partial charge in [0.25, 0.3) is 5.91 Å². The fourth-order valence-corrected chi connectivity index (χ4v) is 5.80. The zero-order chi connectivity index (χ0) is 26.4. The molecule has 4 rings (SSSR count). The van der Waals surface area contributed by atoms with E-state index in [0.29, 0.717) is 22.6 Å². The molecule has 6 nitrogen and oxygen atoms in total. The standard InChI is InChI=1S/C29H28N2O4S2/c1-21-13-16-25(17-14-21)37(33,34)31(2)20-23-19-22(15-18-27(23)35-3)29(32)30-26-11-7-8-12-28(26)36-24-9-5-4-6-10-24/h4-19H,20H2,1-3H3,(H,30,32). The van der Waals surface area contributed by atoms with Crippen LogP contribution < -0.4 is 10.1 Å². The van der Waals surface area contributed by atoms with Crippen LogP contribution in [0.25, 0.3) is 0 Å². The Hall–Kier alpha value is -3.59. The molecule has 0 aromatic heterocycles. The Labute approximate surface area is 222 Å². The van der Waals surface area contributed by atoms with E-state index in [2.05, 4.69) is 5.32 Å². The first-order valence-corrected chi connectivity index (χ1v) is 13.9. The Morgan fingerprint density at radius 1 is 0.919 bits per heavy atom. The van der Waals surface area contributed by atoms with Gasteiger partial charge >= 0.3 is 0 Å². The van der Waals surface area contributed by atoms with E-state index >= 15 is 0 Å². The minimum absolute atomic E-state index is 0.0426. The molecule has 4 aromatic rings. The summed E-state index contributed by atoms with van der Waals surface area (Å²) in [5, 5.41) is 2.99. The van der Waals surface area contributed by atoms with Crippen LogP contribution in [0.4, 0.5) is 5.69 Å². The fraction of sp³-hybridized carbons (Fsp3) is 0.138. The summed E-state index contributed by atoms with van der Waals surface area (Å²) in [6.45, 7) is 1.95. The number of nitrogens with one attached hydrogen (secondary N) is 1. The van der Waals surface area contributed by atoms with Crippen molar-refractivity contribution in [3.63, 3.8) is 0 Å². The van der Waals surface area contributed by atoms with Crippen LogP contribution in [0.2, 0.25) is 0 Å². The number of hydrogen-bond acceptors (Lipinski definition) is 5. The number of amides is 1. The number of benzene rings is 4. The predicted molar refractivity (Wildman–Crippen MR) is 148 cm³/mol. The van der Waals surface area contributed by atoms with Gasteiger partial charge < -0.3 is 10.1 Å². The number of carbonyl (C=O) groups is 1. The maximum absolute atomic E-state index is 13.2. The number of rotatable bonds is 9. The number of anilines is 1. The number of nitrogens with zero attached hydrogens (tertiary/aromatic N) is 1. The summed E-state index contributed by atoms with van der Waals surface area (Å²) in [6.07, 6.45) is 0. The molecular formula is C29H28N2O4S2. The Morgan fingerprint density at radius 3 is 2.30 bits per heavy atom. The molecule has 0 aliphatic rings. The second kappa shape index (κ2) is 11.6. The normalized spacial score (nSPS) is 11.4. The van der Waals surface area contributed by atoms with E-state index in [9.17, 15) is 13.2 Å². The van der Waals surface area contributed by atoms with Crippen molar-refractivity contribution in [3.05, 3.63) is 114 Å². The Bertz CT molecular complexity index is 1490. The first kappa shape index (κ1) is 26.5. The molecular weight excluding hydrogens is 504 g/mol. The number of ether oxygens (including phenoxy) is 1. The van der Waals surface area contributed by atoms with Crippen molar-refractivity contribution in [2.75, 3.05) is 19.5 Å². The number of sulfonamides is 1. The number of hydrogen-bond donors (Lipinski definition) is 1. The van der Waals surface area contributed by atoms with E-state index in [1.54, 1.807) is 54.2 Å². The van der Waals surface area contributed by atoms with Gasteiger partial charge in [0, 0.05) is 34.5 Å². The second-order valence-corrected chi connectivity index (χ2v) is 11.6. The summed E-state index contributed by atoms with van der Waals surface area (Å²) in [7, 11) is -0.691. The first-order chi connectivity index (χ1) is 17.8. The molecule has 0 aliphatic carbocycles. The van der Waals surface area contributed by atoms with Gasteiger partial charge in [0.15, 0.2) is 0 Å². The third-order valence-electron chi connectivity index (χ3n) is 5.77. The van der Waals surface area contributed by atoms with Crippen LogP contribution in [0.3, 0.4) is 0 Å². The zero-order valence-electron chi connectivity index (χ0n) is 20.8. The minimum atomic E-state index is -3.72. The van der Waals surface area contributed by atoms with E-state index in [0.717, 1.165) is 15.4 Å². The Kier molecular flexibility index (Phi) is 8.33. The summed E-state index contributed by atoms with van der Waals surface area (Å²) >= 11 is 1.56. The molecule has 0 bridgehead atoms. The van der Waals surface area contributed by atoms with Crippen molar-refractivity contribution in [2.24, 2.45) is 0 Å². The van der Waals surface area contributed by atoms with Gasteiger partial charge in [0.2, 0.25) is 10.0 Å². The molecule has 0 aliphatic heterocycles. The van der Waals surface area contributed by atoms with E-state index in [1.807, 2.05) is 61.5 Å². The topological polar surface area (TPSA) is 75.7 Å². The van der Waals surface area contributed by atoms with Crippen LogP contribution in [-0.4, -0.2) is 32.8 Å². The van der Waals surface area contributed by atoms with Crippen molar-refractivity contribution in [1.29, 1.82) is 0 Å². The minimum Gasteiger partial charge on any atom is -0.496 e. The highest BCUT2D eigenvalue weighted by Gasteiger charge is 2.23. The molecule has 190 valence electrons. The van der Waals surface area contributed by atoms with Crippen molar-refractivity contribution < 1.29 is 17.9 Å². The van der Waals surface area contributed by atoms with Crippen LogP contribution in [0.1, 0.15) is 21.5 Å². The van der Waals surface area contributed by atoms with Crippen molar-refractivity contribution >= 4 is 33.4 Å². The van der Waals surface area contributed by atoms with E-state index in [1.165, 1.54) is 18.5 Å². The van der Waals surface area contributed by atoms with Crippen molar-refractivity contribution in [1.82, 2.24) is 4.31 Å². The van der Waals surface area contributed by atoms with Crippen LogP contribution >= 0.6 is 11.8 Å². The largest absolute Gasteiger partial charge is 0.496 e. The van der Waals surface area contributed by atoms with E-state index in [-0.39, 0.29) is 17.3 Å². The molecule has 0 saturated heterocycles. The number of para-hydroxylation sites is 1. The lowest BCUT2D eigenvalue weighted by Crippen LogP contribution is -2.27. The van der Waals surface area contributed by atoms with Crippen molar-refractivity contribution in [3.8, 4) is 5.75 Å². The lowest BCUT2D eigenvalue weighted by atomic mass is 10.1. The third-order valence-corrected chi connectivity index (χ3v) is 8.67. The van der Waals surface area contributed by atoms with E-state index < -0.39 is 10.0 Å². The summed E-state index contributed by atoms with van der Waals surface area (Å²) < 4.78 is 32.9. The number of aryl methyl sites for hydroxylation is 1. The van der Waals surface area contributed by atoms with Crippen molar-refractivity contribution in [2.45, 2.75) is 28.2 Å². The highest BCUT2D eigenvalue weighted by Crippen LogP contribution is 2.33. The highest BCUT2D eigenvalue weighted by molar-refractivity contribution is 7.99. The van der Waals surface area contributed by atoms with Crippen LogP contribution in [0, 0.1) is 6.92 Å². The molecule has 0 radical (unpaired) electrons. The lowest BCUT2D eigenvalue weighted by Gasteiger charge is -2.19. The Morgan fingerprint density at radius 2 is 1.59 bits per heavy atom. The molecule has 0 spiro atoms. The van der Waals surface area contributed by atoms with Gasteiger partial charge in [-0.05, 0) is 61.5 Å². The third kappa shape index (κ3) is 6.40. The molecule has 0 atom stereocenters. The maximum atomic E-state index is 13.2. The molecule has 4 aromatic carbocycles. The van der Waals surface area contributed by atoms with Gasteiger partial charge in [-0.25, -0.2) is 8.42 Å². The molecule has 8 heteroatoms. The molecule has 0 fully saturated rings. The zero-order valence-corrected chi connectivity index (χ0v) is 22.5. The molecule has 0 unspecified atom stereocenters. The molecule has 0 saturated carbocycles. The predicted octanol–water partition coefficient (Wildman–Crippen LogP) is 6.23. The molecule has 0 heterocycles. The van der Waals surface area contributed by atoms with Crippen LogP contribution in [-0.2, 0) is 16.6 Å². The molecule has 37 heavy (non-hydrogen) atoms. The second-order valence-electron chi connectivity index (χ2n) is 8.47. The monoisotopic (exact) mass is 532 g/mol. The van der Waals surface area contributed by atoms with Crippen LogP contribution in [0.15, 0.2) is 112 Å². The van der Waals surface area contributed by atoms with Gasteiger partial charge in [0.1, 0.15) is 5.75 Å². The first-order valence-electron chi connectivity index (χ1n) is 11.6. The average Bonchev–Trinajstić information content (AvgIpc) is 2.90. The lowest BCUT2D eigenvalue weighted by molar-refractivity contribution is 0.102. The number of carbonyl (C=O) groups excluding carboxylic acids is 1. The molecule has 1 amide bonds. The SMILES string of the molecule is COc1ccc(C(=O)Nc2ccccc2Sc2ccccc2)cc1CN(C)S(=O)(=O)c1ccc(C)cc1. The average molecular weight is 533 g/mol. The quantitative estimate of drug-likeness (QED) is 0.277. The Balaban J connectivity index is 1.55. The maximum Gasteiger partial charge on any atom is 0.255 e.